The normalized spacial score (nSPS) is 41.9. The molecule has 1 heteroatoms. The highest BCUT2D eigenvalue weighted by molar-refractivity contribution is 5.16. The first-order valence-electron chi connectivity index (χ1n) is 3.31. The zero-order chi connectivity index (χ0) is 5.56. The average molecular weight is 109 g/mol. The fraction of sp³-hybridized carbons (Fsp3) is 0.714. The number of allylic oxidation sites excluding steroid dienone is 2. The zero-order valence-electron chi connectivity index (χ0n) is 5.15. The molecule has 2 atom stereocenters. The fourth-order valence-corrected chi connectivity index (χ4v) is 1.64. The lowest BCUT2D eigenvalue weighted by Gasteiger charge is -2.11. The lowest BCUT2D eigenvalue weighted by atomic mass is 9.99. The highest BCUT2D eigenvalue weighted by Gasteiger charge is 2.29. The third-order valence-electron chi connectivity index (χ3n) is 2.28. The Labute approximate surface area is 49.8 Å². The van der Waals surface area contributed by atoms with Crippen molar-refractivity contribution in [1.29, 1.82) is 0 Å². The summed E-state index contributed by atoms with van der Waals surface area (Å²) in [5, 5.41) is 3.35. The standard InChI is InChI=1S/C7H11N/c1-5-2-7-3-6(5)4-8-7/h2,5-6,8H,3-4H2,1H3/t5-,6?/m0/s1. The van der Waals surface area contributed by atoms with E-state index < -0.39 is 0 Å². The summed E-state index contributed by atoms with van der Waals surface area (Å²) < 4.78 is 0. The third-order valence-corrected chi connectivity index (χ3v) is 2.28. The Kier molecular flexibility index (Phi) is 0.706. The molecule has 0 saturated carbocycles. The lowest BCUT2D eigenvalue weighted by molar-refractivity contribution is 0.472. The molecule has 1 unspecified atom stereocenters. The smallest absolute Gasteiger partial charge is 0.0181 e. The molecule has 1 fully saturated rings. The molecule has 1 heterocycles. The molecule has 0 amide bonds. The van der Waals surface area contributed by atoms with E-state index in [2.05, 4.69) is 18.3 Å². The van der Waals surface area contributed by atoms with Crippen molar-refractivity contribution in [2.45, 2.75) is 13.3 Å². The van der Waals surface area contributed by atoms with Gasteiger partial charge in [-0.2, -0.15) is 0 Å². The Hall–Kier alpha value is -0.460. The van der Waals surface area contributed by atoms with E-state index in [1.54, 1.807) is 0 Å². The molecule has 8 heavy (non-hydrogen) atoms. The molecule has 2 bridgehead atoms. The van der Waals surface area contributed by atoms with Crippen molar-refractivity contribution in [3.05, 3.63) is 11.8 Å². The van der Waals surface area contributed by atoms with Crippen LogP contribution in [0.5, 0.6) is 0 Å². The van der Waals surface area contributed by atoms with Gasteiger partial charge in [-0.05, 0) is 18.3 Å². The van der Waals surface area contributed by atoms with Gasteiger partial charge in [-0.25, -0.2) is 0 Å². The molecule has 0 aromatic heterocycles. The van der Waals surface area contributed by atoms with Gasteiger partial charge in [-0.3, -0.25) is 0 Å². The van der Waals surface area contributed by atoms with Gasteiger partial charge < -0.3 is 5.32 Å². The van der Waals surface area contributed by atoms with Crippen LogP contribution in [0, 0.1) is 11.8 Å². The summed E-state index contributed by atoms with van der Waals surface area (Å²) >= 11 is 0. The minimum atomic E-state index is 0.853. The first-order valence-corrected chi connectivity index (χ1v) is 3.31. The molecule has 0 spiro atoms. The van der Waals surface area contributed by atoms with Crippen LogP contribution in [0.3, 0.4) is 0 Å². The number of fused-ring (bicyclic) bond motifs is 2. The van der Waals surface area contributed by atoms with E-state index in [1.807, 2.05) is 0 Å². The molecular formula is C7H11N. The van der Waals surface area contributed by atoms with Crippen LogP contribution in [-0.2, 0) is 0 Å². The maximum absolute atomic E-state index is 3.35. The second kappa shape index (κ2) is 1.28. The van der Waals surface area contributed by atoms with Crippen molar-refractivity contribution in [2.24, 2.45) is 11.8 Å². The number of hydrogen-bond acceptors (Lipinski definition) is 1. The molecule has 1 aliphatic carbocycles. The summed E-state index contributed by atoms with van der Waals surface area (Å²) in [6, 6.07) is 0. The van der Waals surface area contributed by atoms with Crippen LogP contribution in [0.4, 0.5) is 0 Å². The van der Waals surface area contributed by atoms with Crippen molar-refractivity contribution in [2.75, 3.05) is 6.54 Å². The van der Waals surface area contributed by atoms with Crippen molar-refractivity contribution in [3.8, 4) is 0 Å². The van der Waals surface area contributed by atoms with Gasteiger partial charge in [0.25, 0.3) is 0 Å². The van der Waals surface area contributed by atoms with Crippen LogP contribution in [0.1, 0.15) is 13.3 Å². The maximum Gasteiger partial charge on any atom is 0.0181 e. The van der Waals surface area contributed by atoms with E-state index in [4.69, 9.17) is 0 Å². The molecule has 1 saturated heterocycles. The molecule has 1 nitrogen and oxygen atoms in total. The molecule has 44 valence electrons. The van der Waals surface area contributed by atoms with E-state index in [-0.39, 0.29) is 0 Å². The molecular weight excluding hydrogens is 98.1 g/mol. The summed E-state index contributed by atoms with van der Waals surface area (Å²) in [5.74, 6) is 1.79. The van der Waals surface area contributed by atoms with Crippen molar-refractivity contribution in [1.82, 2.24) is 5.32 Å². The minimum Gasteiger partial charge on any atom is -0.388 e. The molecule has 0 aromatic carbocycles. The quantitative estimate of drug-likeness (QED) is 0.491. The maximum atomic E-state index is 3.35. The molecule has 1 aliphatic heterocycles. The predicted octanol–water partition coefficient (Wildman–Crippen LogP) is 1.13. The molecule has 2 rings (SSSR count). The summed E-state index contributed by atoms with van der Waals surface area (Å²) in [7, 11) is 0. The van der Waals surface area contributed by atoms with Gasteiger partial charge in [-0.1, -0.05) is 13.0 Å². The van der Waals surface area contributed by atoms with Crippen LogP contribution in [-0.4, -0.2) is 6.54 Å². The Morgan fingerprint density at radius 2 is 2.62 bits per heavy atom. The number of hydrogen-bond donors (Lipinski definition) is 1. The second-order valence-corrected chi connectivity index (χ2v) is 2.90. The van der Waals surface area contributed by atoms with Crippen molar-refractivity contribution in [3.63, 3.8) is 0 Å². The molecule has 0 radical (unpaired) electrons. The molecule has 2 aliphatic rings. The van der Waals surface area contributed by atoms with E-state index >= 15 is 0 Å². The number of rotatable bonds is 0. The van der Waals surface area contributed by atoms with Gasteiger partial charge in [0.05, 0.1) is 0 Å². The van der Waals surface area contributed by atoms with Crippen LogP contribution in [0.25, 0.3) is 0 Å². The highest BCUT2D eigenvalue weighted by atomic mass is 14.9. The second-order valence-electron chi connectivity index (χ2n) is 2.90. The van der Waals surface area contributed by atoms with E-state index in [1.165, 1.54) is 18.7 Å². The van der Waals surface area contributed by atoms with Gasteiger partial charge in [0.2, 0.25) is 0 Å². The summed E-state index contributed by atoms with van der Waals surface area (Å²) in [5.41, 5.74) is 1.49. The predicted molar refractivity (Wildman–Crippen MR) is 33.4 cm³/mol. The SMILES string of the molecule is C[C@H]1C=C2CC1CN2. The highest BCUT2D eigenvalue weighted by Crippen LogP contribution is 2.33. The Balaban J connectivity index is 2.28. The zero-order valence-corrected chi connectivity index (χ0v) is 5.15. The first kappa shape index (κ1) is 4.42. The van der Waals surface area contributed by atoms with Crippen molar-refractivity contribution < 1.29 is 0 Å². The largest absolute Gasteiger partial charge is 0.388 e. The summed E-state index contributed by atoms with van der Waals surface area (Å²) in [4.78, 5) is 0. The minimum absolute atomic E-state index is 0.853. The van der Waals surface area contributed by atoms with Crippen LogP contribution in [0.15, 0.2) is 11.8 Å². The summed E-state index contributed by atoms with van der Waals surface area (Å²) in [6.07, 6.45) is 3.68. The van der Waals surface area contributed by atoms with Gasteiger partial charge >= 0.3 is 0 Å². The van der Waals surface area contributed by atoms with Crippen LogP contribution >= 0.6 is 0 Å². The Morgan fingerprint density at radius 3 is 2.88 bits per heavy atom. The van der Waals surface area contributed by atoms with E-state index in [0.29, 0.717) is 0 Å². The van der Waals surface area contributed by atoms with Crippen LogP contribution < -0.4 is 5.32 Å². The van der Waals surface area contributed by atoms with Gasteiger partial charge in [0.1, 0.15) is 0 Å². The van der Waals surface area contributed by atoms with E-state index in [0.717, 1.165) is 11.8 Å². The van der Waals surface area contributed by atoms with Crippen molar-refractivity contribution >= 4 is 0 Å². The van der Waals surface area contributed by atoms with E-state index in [9.17, 15) is 0 Å². The van der Waals surface area contributed by atoms with Gasteiger partial charge in [0.15, 0.2) is 0 Å². The summed E-state index contributed by atoms with van der Waals surface area (Å²) in [6.45, 7) is 3.53. The average Bonchev–Trinajstić information content (AvgIpc) is 2.23. The molecule has 1 N–H and O–H groups in total. The molecule has 0 aromatic rings. The monoisotopic (exact) mass is 109 g/mol. The number of nitrogens with one attached hydrogen (secondary N) is 1. The van der Waals surface area contributed by atoms with Gasteiger partial charge in [0, 0.05) is 12.2 Å². The first-order chi connectivity index (χ1) is 3.86. The third kappa shape index (κ3) is 0.417. The topological polar surface area (TPSA) is 12.0 Å². The van der Waals surface area contributed by atoms with Crippen LogP contribution in [0.2, 0.25) is 0 Å². The van der Waals surface area contributed by atoms with Gasteiger partial charge in [-0.15, -0.1) is 0 Å². The Bertz CT molecular complexity index is 137. The lowest BCUT2D eigenvalue weighted by Crippen LogP contribution is -2.17. The fourth-order valence-electron chi connectivity index (χ4n) is 1.64. The Morgan fingerprint density at radius 1 is 1.75 bits per heavy atom.